The maximum atomic E-state index is 13.0. The van der Waals surface area contributed by atoms with Crippen LogP contribution in [0.2, 0.25) is 5.02 Å². The monoisotopic (exact) mass is 368 g/mol. The van der Waals surface area contributed by atoms with Crippen LogP contribution in [0.3, 0.4) is 0 Å². The molecule has 1 saturated heterocycles. The summed E-state index contributed by atoms with van der Waals surface area (Å²) in [4.78, 5) is 29.2. The number of amides is 2. The lowest BCUT2D eigenvalue weighted by molar-refractivity contribution is -0.136. The van der Waals surface area contributed by atoms with Crippen molar-refractivity contribution in [2.75, 3.05) is 18.0 Å². The summed E-state index contributed by atoms with van der Waals surface area (Å²) in [6.45, 7) is 3.74. The summed E-state index contributed by atoms with van der Waals surface area (Å²) in [5, 5.41) is 0.598. The van der Waals surface area contributed by atoms with E-state index in [1.165, 1.54) is 11.1 Å². The molecular weight excluding hydrogens is 348 g/mol. The quantitative estimate of drug-likeness (QED) is 0.812. The van der Waals surface area contributed by atoms with E-state index in [2.05, 4.69) is 12.1 Å². The van der Waals surface area contributed by atoms with E-state index in [0.29, 0.717) is 18.1 Å². The molecule has 2 aliphatic rings. The number of benzene rings is 2. The van der Waals surface area contributed by atoms with Gasteiger partial charge in [-0.1, -0.05) is 41.9 Å². The zero-order chi connectivity index (χ0) is 18.3. The Bertz CT molecular complexity index is 880. The molecular formula is C21H21ClN2O2. The molecule has 2 amide bonds. The van der Waals surface area contributed by atoms with Crippen molar-refractivity contribution in [1.29, 1.82) is 0 Å². The predicted molar refractivity (Wildman–Crippen MR) is 102 cm³/mol. The third kappa shape index (κ3) is 3.10. The molecule has 4 rings (SSSR count). The topological polar surface area (TPSA) is 40.6 Å². The average Bonchev–Trinajstić information content (AvgIpc) is 3.04. The second kappa shape index (κ2) is 6.76. The van der Waals surface area contributed by atoms with E-state index < -0.39 is 0 Å². The molecule has 0 radical (unpaired) electrons. The highest BCUT2D eigenvalue weighted by atomic mass is 35.5. The van der Waals surface area contributed by atoms with Gasteiger partial charge in [-0.25, -0.2) is 0 Å². The highest BCUT2D eigenvalue weighted by Gasteiger charge is 2.38. The molecule has 1 fully saturated rings. The highest BCUT2D eigenvalue weighted by molar-refractivity contribution is 6.31. The molecule has 2 aliphatic heterocycles. The number of carbonyl (C=O) groups is 2. The Kier molecular flexibility index (Phi) is 4.45. The molecule has 1 unspecified atom stereocenters. The van der Waals surface area contributed by atoms with Gasteiger partial charge in [0.2, 0.25) is 11.8 Å². The third-order valence-electron chi connectivity index (χ3n) is 5.38. The summed E-state index contributed by atoms with van der Waals surface area (Å²) in [5.41, 5.74) is 4.32. The van der Waals surface area contributed by atoms with Crippen LogP contribution in [-0.4, -0.2) is 29.8 Å². The lowest BCUT2D eigenvalue weighted by atomic mass is 9.98. The first-order valence-corrected chi connectivity index (χ1v) is 9.33. The lowest BCUT2D eigenvalue weighted by Gasteiger charge is -2.30. The fourth-order valence-electron chi connectivity index (χ4n) is 3.92. The highest BCUT2D eigenvalue weighted by Crippen LogP contribution is 2.31. The molecule has 2 aromatic rings. The van der Waals surface area contributed by atoms with Gasteiger partial charge in [-0.2, -0.15) is 0 Å². The summed E-state index contributed by atoms with van der Waals surface area (Å²) in [5.74, 6) is -0.215. The molecule has 5 heteroatoms. The Morgan fingerprint density at radius 3 is 2.73 bits per heavy atom. The van der Waals surface area contributed by atoms with Crippen molar-refractivity contribution in [1.82, 2.24) is 4.90 Å². The predicted octanol–water partition coefficient (Wildman–Crippen LogP) is 3.59. The number of anilines is 1. The molecule has 0 bridgehead atoms. The Hall–Kier alpha value is -2.33. The van der Waals surface area contributed by atoms with Crippen LogP contribution < -0.4 is 4.90 Å². The van der Waals surface area contributed by atoms with Crippen LogP contribution in [0.1, 0.15) is 23.1 Å². The summed E-state index contributed by atoms with van der Waals surface area (Å²) < 4.78 is 0. The second-order valence-corrected chi connectivity index (χ2v) is 7.55. The summed E-state index contributed by atoms with van der Waals surface area (Å²) in [6, 6.07) is 13.8. The van der Waals surface area contributed by atoms with Gasteiger partial charge in [-0.3, -0.25) is 9.59 Å². The van der Waals surface area contributed by atoms with E-state index in [1.54, 1.807) is 11.0 Å². The van der Waals surface area contributed by atoms with E-state index in [0.717, 1.165) is 24.2 Å². The zero-order valence-electron chi connectivity index (χ0n) is 14.7. The zero-order valence-corrected chi connectivity index (χ0v) is 15.5. The van der Waals surface area contributed by atoms with Crippen LogP contribution >= 0.6 is 11.6 Å². The van der Waals surface area contributed by atoms with Gasteiger partial charge in [-0.05, 0) is 42.2 Å². The van der Waals surface area contributed by atoms with E-state index >= 15 is 0 Å². The third-order valence-corrected chi connectivity index (χ3v) is 5.61. The van der Waals surface area contributed by atoms with Gasteiger partial charge in [0, 0.05) is 36.8 Å². The minimum atomic E-state index is -0.286. The standard InChI is InChI=1S/C21H21ClN2O2/c1-14-6-7-18(22)11-19(14)24-13-17(10-20(24)25)21(26)23-9-8-15-4-2-3-5-16(15)12-23/h2-7,11,17H,8-10,12-13H2,1H3. The van der Waals surface area contributed by atoms with Gasteiger partial charge in [0.25, 0.3) is 0 Å². The molecule has 4 nitrogen and oxygen atoms in total. The first-order valence-electron chi connectivity index (χ1n) is 8.95. The first kappa shape index (κ1) is 17.1. The number of rotatable bonds is 2. The molecule has 134 valence electrons. The Morgan fingerprint density at radius 1 is 1.15 bits per heavy atom. The van der Waals surface area contributed by atoms with Crippen molar-refractivity contribution in [2.24, 2.45) is 5.92 Å². The van der Waals surface area contributed by atoms with E-state index in [9.17, 15) is 9.59 Å². The SMILES string of the molecule is Cc1ccc(Cl)cc1N1CC(C(=O)N2CCc3ccccc3C2)CC1=O. The summed E-state index contributed by atoms with van der Waals surface area (Å²) in [6.07, 6.45) is 1.14. The van der Waals surface area contributed by atoms with Crippen LogP contribution in [0.4, 0.5) is 5.69 Å². The summed E-state index contributed by atoms with van der Waals surface area (Å²) in [7, 11) is 0. The molecule has 0 spiro atoms. The summed E-state index contributed by atoms with van der Waals surface area (Å²) >= 11 is 6.10. The molecule has 2 aromatic carbocycles. The Morgan fingerprint density at radius 2 is 1.92 bits per heavy atom. The minimum absolute atomic E-state index is 0.00822. The van der Waals surface area contributed by atoms with E-state index in [1.807, 2.05) is 36.1 Å². The van der Waals surface area contributed by atoms with Crippen LogP contribution in [0.15, 0.2) is 42.5 Å². The van der Waals surface area contributed by atoms with Gasteiger partial charge in [0.05, 0.1) is 5.92 Å². The van der Waals surface area contributed by atoms with E-state index in [-0.39, 0.29) is 24.2 Å². The van der Waals surface area contributed by atoms with Crippen molar-refractivity contribution in [3.8, 4) is 0 Å². The van der Waals surface area contributed by atoms with Crippen molar-refractivity contribution in [3.05, 3.63) is 64.2 Å². The van der Waals surface area contributed by atoms with Crippen molar-refractivity contribution < 1.29 is 9.59 Å². The second-order valence-electron chi connectivity index (χ2n) is 7.11. The number of fused-ring (bicyclic) bond motifs is 1. The molecule has 2 heterocycles. The van der Waals surface area contributed by atoms with E-state index in [4.69, 9.17) is 11.6 Å². The number of aryl methyl sites for hydroxylation is 1. The molecule has 0 aliphatic carbocycles. The van der Waals surface area contributed by atoms with Gasteiger partial charge in [-0.15, -0.1) is 0 Å². The van der Waals surface area contributed by atoms with Crippen molar-refractivity contribution >= 4 is 29.1 Å². The Labute approximate surface area is 158 Å². The first-order chi connectivity index (χ1) is 12.5. The number of halogens is 1. The molecule has 26 heavy (non-hydrogen) atoms. The Balaban J connectivity index is 1.50. The smallest absolute Gasteiger partial charge is 0.228 e. The molecule has 0 N–H and O–H groups in total. The van der Waals surface area contributed by atoms with Crippen molar-refractivity contribution in [2.45, 2.75) is 26.3 Å². The minimum Gasteiger partial charge on any atom is -0.338 e. The molecule has 0 saturated carbocycles. The van der Waals surface area contributed by atoms with Crippen LogP contribution in [0.5, 0.6) is 0 Å². The maximum Gasteiger partial charge on any atom is 0.228 e. The number of carbonyl (C=O) groups excluding carboxylic acids is 2. The maximum absolute atomic E-state index is 13.0. The van der Waals surface area contributed by atoms with Crippen LogP contribution in [0.25, 0.3) is 0 Å². The van der Waals surface area contributed by atoms with Crippen LogP contribution in [0, 0.1) is 12.8 Å². The van der Waals surface area contributed by atoms with Gasteiger partial charge in [0.1, 0.15) is 0 Å². The fraction of sp³-hybridized carbons (Fsp3) is 0.333. The van der Waals surface area contributed by atoms with Crippen LogP contribution in [-0.2, 0) is 22.6 Å². The average molecular weight is 369 g/mol. The molecule has 1 atom stereocenters. The molecule has 0 aromatic heterocycles. The fourth-order valence-corrected chi connectivity index (χ4v) is 4.09. The van der Waals surface area contributed by atoms with Gasteiger partial charge >= 0.3 is 0 Å². The number of hydrogen-bond donors (Lipinski definition) is 0. The largest absolute Gasteiger partial charge is 0.338 e. The lowest BCUT2D eigenvalue weighted by Crippen LogP contribution is -2.40. The number of hydrogen-bond acceptors (Lipinski definition) is 2. The van der Waals surface area contributed by atoms with Crippen molar-refractivity contribution in [3.63, 3.8) is 0 Å². The number of nitrogens with zero attached hydrogens (tertiary/aromatic N) is 2. The van der Waals surface area contributed by atoms with Gasteiger partial charge in [0.15, 0.2) is 0 Å². The van der Waals surface area contributed by atoms with Gasteiger partial charge < -0.3 is 9.80 Å². The normalized spacial score (nSPS) is 19.6.